The molecule has 1 heterocycles. The number of rotatable bonds is 12. The zero-order valence-electron chi connectivity index (χ0n) is 22.7. The summed E-state index contributed by atoms with van der Waals surface area (Å²) in [6, 6.07) is 11.4. The SMILES string of the molecule is CCCCCCCC1S/C(=N/N=C/c2ccc(OS(=O)(=O)c3ccc(C(C)(C)C)cc3)c(OC)c2)NC1=O. The van der Waals surface area contributed by atoms with Crippen LogP contribution >= 0.6 is 11.8 Å². The Labute approximate surface area is 230 Å². The van der Waals surface area contributed by atoms with Gasteiger partial charge in [0.2, 0.25) is 5.91 Å². The first kappa shape index (κ1) is 29.7. The fraction of sp³-hybridized carbons (Fsp3) is 0.464. The molecule has 0 aromatic heterocycles. The van der Waals surface area contributed by atoms with Crippen LogP contribution in [0.15, 0.2) is 57.6 Å². The number of nitrogens with zero attached hydrogens (tertiary/aromatic N) is 2. The van der Waals surface area contributed by atoms with Gasteiger partial charge < -0.3 is 14.2 Å². The van der Waals surface area contributed by atoms with E-state index in [0.29, 0.717) is 10.7 Å². The molecule has 1 aliphatic heterocycles. The van der Waals surface area contributed by atoms with Crippen LogP contribution in [0.3, 0.4) is 0 Å². The van der Waals surface area contributed by atoms with Crippen molar-refractivity contribution in [1.29, 1.82) is 0 Å². The normalized spacial score (nSPS) is 17.2. The fourth-order valence-electron chi connectivity index (χ4n) is 3.84. The van der Waals surface area contributed by atoms with E-state index in [1.807, 2.05) is 0 Å². The molecule has 2 aromatic rings. The lowest BCUT2D eigenvalue weighted by Gasteiger charge is -2.19. The van der Waals surface area contributed by atoms with E-state index >= 15 is 0 Å². The summed E-state index contributed by atoms with van der Waals surface area (Å²) in [6.07, 6.45) is 8.10. The third-order valence-electron chi connectivity index (χ3n) is 6.10. The molecule has 1 saturated heterocycles. The van der Waals surface area contributed by atoms with Crippen molar-refractivity contribution in [1.82, 2.24) is 5.32 Å². The van der Waals surface area contributed by atoms with E-state index in [0.717, 1.165) is 24.8 Å². The molecular weight excluding hydrogens is 522 g/mol. The molecule has 1 atom stereocenters. The number of ether oxygens (including phenoxy) is 1. The topological polar surface area (TPSA) is 106 Å². The van der Waals surface area contributed by atoms with Crippen molar-refractivity contribution < 1.29 is 22.1 Å². The molecule has 0 bridgehead atoms. The minimum absolute atomic E-state index is 0.0307. The summed E-state index contributed by atoms with van der Waals surface area (Å²) in [5.74, 6) is 0.274. The van der Waals surface area contributed by atoms with Crippen LogP contribution in [-0.4, -0.2) is 38.1 Å². The average Bonchev–Trinajstić information content (AvgIpc) is 3.23. The van der Waals surface area contributed by atoms with Crippen molar-refractivity contribution in [3.63, 3.8) is 0 Å². The van der Waals surface area contributed by atoms with Crippen molar-refractivity contribution in [2.24, 2.45) is 10.2 Å². The van der Waals surface area contributed by atoms with E-state index in [9.17, 15) is 13.2 Å². The van der Waals surface area contributed by atoms with Crippen molar-refractivity contribution in [3.05, 3.63) is 53.6 Å². The van der Waals surface area contributed by atoms with Crippen LogP contribution in [0.5, 0.6) is 11.5 Å². The number of unbranched alkanes of at least 4 members (excludes halogenated alkanes) is 4. The van der Waals surface area contributed by atoms with E-state index in [1.54, 1.807) is 36.4 Å². The number of hydrogen-bond acceptors (Lipinski definition) is 8. The zero-order valence-corrected chi connectivity index (χ0v) is 24.3. The van der Waals surface area contributed by atoms with E-state index < -0.39 is 10.1 Å². The minimum atomic E-state index is -4.05. The minimum Gasteiger partial charge on any atom is -0.493 e. The number of carbonyl (C=O) groups excluding carboxylic acids is 1. The first-order chi connectivity index (χ1) is 18.0. The molecule has 2 aromatic carbocycles. The number of methoxy groups -OCH3 is 1. The van der Waals surface area contributed by atoms with Crippen LogP contribution in [-0.2, 0) is 20.3 Å². The largest absolute Gasteiger partial charge is 0.493 e. The quantitative estimate of drug-likeness (QED) is 0.147. The van der Waals surface area contributed by atoms with Gasteiger partial charge in [-0.05, 0) is 53.3 Å². The number of amides is 1. The number of nitrogens with one attached hydrogen (secondary N) is 1. The maximum atomic E-state index is 12.8. The van der Waals surface area contributed by atoms with Crippen molar-refractivity contribution in [2.75, 3.05) is 7.11 Å². The molecule has 0 spiro atoms. The van der Waals surface area contributed by atoms with E-state index in [2.05, 4.69) is 43.2 Å². The monoisotopic (exact) mass is 559 g/mol. The van der Waals surface area contributed by atoms with Gasteiger partial charge in [-0.15, -0.1) is 5.10 Å². The van der Waals surface area contributed by atoms with Crippen molar-refractivity contribution in [3.8, 4) is 11.5 Å². The Morgan fingerprint density at radius 3 is 2.39 bits per heavy atom. The molecular formula is C28H37N3O5S2. The van der Waals surface area contributed by atoms with Gasteiger partial charge in [0.1, 0.15) is 4.90 Å². The number of benzene rings is 2. The lowest BCUT2D eigenvalue weighted by molar-refractivity contribution is -0.118. The van der Waals surface area contributed by atoms with Crippen LogP contribution in [0.25, 0.3) is 0 Å². The first-order valence-electron chi connectivity index (χ1n) is 12.8. The van der Waals surface area contributed by atoms with Crippen LogP contribution in [0.4, 0.5) is 0 Å². The highest BCUT2D eigenvalue weighted by atomic mass is 32.2. The molecule has 3 rings (SSSR count). The highest BCUT2D eigenvalue weighted by Crippen LogP contribution is 2.31. The maximum absolute atomic E-state index is 12.8. The third-order valence-corrected chi connectivity index (χ3v) is 8.49. The van der Waals surface area contributed by atoms with Crippen LogP contribution in [0, 0.1) is 0 Å². The Morgan fingerprint density at radius 1 is 1.03 bits per heavy atom. The summed E-state index contributed by atoms with van der Waals surface area (Å²) in [5.41, 5.74) is 1.56. The average molecular weight is 560 g/mol. The zero-order chi connectivity index (χ0) is 27.8. The van der Waals surface area contributed by atoms with Gasteiger partial charge in [0.05, 0.1) is 18.6 Å². The summed E-state index contributed by atoms with van der Waals surface area (Å²) < 4.78 is 36.4. The number of amidine groups is 1. The fourth-order valence-corrected chi connectivity index (χ4v) is 5.76. The molecule has 1 amide bonds. The second kappa shape index (κ2) is 13.3. The van der Waals surface area contributed by atoms with Gasteiger partial charge in [-0.2, -0.15) is 13.5 Å². The number of carbonyl (C=O) groups is 1. The molecule has 206 valence electrons. The molecule has 1 aliphatic rings. The third kappa shape index (κ3) is 8.33. The summed E-state index contributed by atoms with van der Waals surface area (Å²) in [6.45, 7) is 8.36. The van der Waals surface area contributed by atoms with Gasteiger partial charge >= 0.3 is 10.1 Å². The summed E-state index contributed by atoms with van der Waals surface area (Å²) >= 11 is 1.40. The second-order valence-electron chi connectivity index (χ2n) is 10.2. The second-order valence-corrected chi connectivity index (χ2v) is 12.9. The lowest BCUT2D eigenvalue weighted by Crippen LogP contribution is -2.24. The van der Waals surface area contributed by atoms with Crippen LogP contribution in [0.2, 0.25) is 0 Å². The van der Waals surface area contributed by atoms with Crippen LogP contribution in [0.1, 0.15) is 77.3 Å². The van der Waals surface area contributed by atoms with Crippen molar-refractivity contribution >= 4 is 39.2 Å². The van der Waals surface area contributed by atoms with Crippen molar-refractivity contribution in [2.45, 2.75) is 81.8 Å². The van der Waals surface area contributed by atoms with E-state index in [4.69, 9.17) is 8.92 Å². The predicted molar refractivity (Wildman–Crippen MR) is 154 cm³/mol. The summed E-state index contributed by atoms with van der Waals surface area (Å²) in [4.78, 5) is 12.3. The molecule has 10 heteroatoms. The Hall–Kier alpha value is -2.85. The highest BCUT2D eigenvalue weighted by Gasteiger charge is 2.29. The molecule has 1 fully saturated rings. The Balaban J connectivity index is 1.63. The molecule has 38 heavy (non-hydrogen) atoms. The van der Waals surface area contributed by atoms with Gasteiger partial charge in [-0.3, -0.25) is 4.79 Å². The van der Waals surface area contributed by atoms with E-state index in [-0.39, 0.29) is 33.0 Å². The smallest absolute Gasteiger partial charge is 0.339 e. The Morgan fingerprint density at radius 2 is 1.74 bits per heavy atom. The first-order valence-corrected chi connectivity index (χ1v) is 15.1. The molecule has 0 saturated carbocycles. The lowest BCUT2D eigenvalue weighted by atomic mass is 9.87. The van der Waals surface area contributed by atoms with Gasteiger partial charge in [-0.25, -0.2) is 0 Å². The molecule has 1 N–H and O–H groups in total. The summed E-state index contributed by atoms with van der Waals surface area (Å²) in [7, 11) is -2.62. The van der Waals surface area contributed by atoms with Crippen LogP contribution < -0.4 is 14.2 Å². The van der Waals surface area contributed by atoms with Gasteiger partial charge in [0.15, 0.2) is 16.7 Å². The van der Waals surface area contributed by atoms with E-state index in [1.165, 1.54) is 50.4 Å². The summed E-state index contributed by atoms with van der Waals surface area (Å²) in [5, 5.41) is 11.3. The Bertz CT molecular complexity index is 1270. The maximum Gasteiger partial charge on any atom is 0.339 e. The molecule has 8 nitrogen and oxygen atoms in total. The van der Waals surface area contributed by atoms with Gasteiger partial charge in [0, 0.05) is 0 Å². The van der Waals surface area contributed by atoms with Gasteiger partial charge in [-0.1, -0.05) is 83.7 Å². The Kier molecular flexibility index (Phi) is 10.4. The number of thioether (sulfide) groups is 1. The predicted octanol–water partition coefficient (Wildman–Crippen LogP) is 6.04. The standard InChI is InChI=1S/C28H37N3O5S2/c1-6-7-8-9-10-11-25-26(32)30-27(37-25)31-29-19-20-12-17-23(24(18-20)35-5)36-38(33,34)22-15-13-21(14-16-22)28(2,3)4/h12-19,25H,6-11H2,1-5H3,(H,30,31,32)/b29-19+. The molecule has 0 radical (unpaired) electrons. The number of hydrogen-bond donors (Lipinski definition) is 1. The van der Waals surface area contributed by atoms with Gasteiger partial charge in [0.25, 0.3) is 0 Å². The molecule has 1 unspecified atom stereocenters. The molecule has 0 aliphatic carbocycles. The highest BCUT2D eigenvalue weighted by molar-refractivity contribution is 8.15.